The van der Waals surface area contributed by atoms with Crippen LogP contribution in [-0.4, -0.2) is 46.1 Å². The van der Waals surface area contributed by atoms with Gasteiger partial charge in [0.15, 0.2) is 5.84 Å². The summed E-state index contributed by atoms with van der Waals surface area (Å²) >= 11 is 0. The third-order valence-electron chi connectivity index (χ3n) is 3.54. The molecule has 0 aliphatic carbocycles. The minimum absolute atomic E-state index is 0.0319. The molecule has 0 spiro atoms. The van der Waals surface area contributed by atoms with Gasteiger partial charge in [-0.15, -0.1) is 0 Å². The van der Waals surface area contributed by atoms with E-state index >= 15 is 0 Å². The van der Waals surface area contributed by atoms with E-state index in [9.17, 15) is 9.90 Å². The van der Waals surface area contributed by atoms with Crippen LogP contribution in [-0.2, 0) is 4.79 Å². The zero-order chi connectivity index (χ0) is 13.9. The van der Waals surface area contributed by atoms with Crippen LogP contribution in [0, 0.1) is 17.8 Å². The van der Waals surface area contributed by atoms with Gasteiger partial charge in [-0.05, 0) is 18.3 Å². The lowest BCUT2D eigenvalue weighted by atomic mass is 9.90. The summed E-state index contributed by atoms with van der Waals surface area (Å²) in [4.78, 5) is 14.1. The van der Waals surface area contributed by atoms with Crippen molar-refractivity contribution in [2.24, 2.45) is 28.6 Å². The topological polar surface area (TPSA) is 99.2 Å². The predicted octanol–water partition coefficient (Wildman–Crippen LogP) is 0.234. The molecule has 0 bridgehead atoms. The van der Waals surface area contributed by atoms with Crippen LogP contribution in [0.4, 0.5) is 0 Å². The number of rotatable bonds is 3. The number of piperidine rings is 1. The van der Waals surface area contributed by atoms with Crippen molar-refractivity contribution in [2.75, 3.05) is 13.1 Å². The van der Waals surface area contributed by atoms with Gasteiger partial charge in [0.2, 0.25) is 5.91 Å². The highest BCUT2D eigenvalue weighted by atomic mass is 16.4. The number of hydrogen-bond donors (Lipinski definition) is 3. The number of aliphatic hydroxyl groups excluding tert-OH is 1. The summed E-state index contributed by atoms with van der Waals surface area (Å²) in [6.07, 6.45) is 0.226. The van der Waals surface area contributed by atoms with E-state index in [4.69, 9.17) is 10.9 Å². The number of nitrogens with two attached hydrogens (primary N) is 1. The molecule has 1 fully saturated rings. The molecule has 1 saturated heterocycles. The monoisotopic (exact) mass is 257 g/mol. The Morgan fingerprint density at radius 3 is 2.56 bits per heavy atom. The first-order chi connectivity index (χ1) is 8.38. The average molecular weight is 257 g/mol. The highest BCUT2D eigenvalue weighted by Crippen LogP contribution is 2.21. The minimum atomic E-state index is -0.600. The lowest BCUT2D eigenvalue weighted by Crippen LogP contribution is -2.50. The number of oxime groups is 1. The van der Waals surface area contributed by atoms with Crippen molar-refractivity contribution in [3.63, 3.8) is 0 Å². The van der Waals surface area contributed by atoms with Crippen molar-refractivity contribution in [3.8, 4) is 0 Å². The lowest BCUT2D eigenvalue weighted by Gasteiger charge is -2.36. The van der Waals surface area contributed by atoms with Gasteiger partial charge in [-0.1, -0.05) is 25.9 Å². The van der Waals surface area contributed by atoms with Crippen LogP contribution in [0.3, 0.4) is 0 Å². The number of aliphatic hydroxyl groups is 1. The van der Waals surface area contributed by atoms with E-state index in [-0.39, 0.29) is 29.7 Å². The fourth-order valence-electron chi connectivity index (χ4n) is 2.35. The number of likely N-dealkylation sites (tertiary alicyclic amines) is 1. The molecule has 0 aromatic heterocycles. The number of carbonyl (C=O) groups excluding carboxylic acids is 1. The van der Waals surface area contributed by atoms with E-state index in [2.05, 4.69) is 5.16 Å². The van der Waals surface area contributed by atoms with Crippen LogP contribution in [0.1, 0.15) is 27.2 Å². The van der Waals surface area contributed by atoms with Crippen LogP contribution in [0.15, 0.2) is 5.16 Å². The maximum atomic E-state index is 12.4. The fraction of sp³-hybridized carbons (Fsp3) is 0.833. The van der Waals surface area contributed by atoms with Crippen molar-refractivity contribution in [2.45, 2.75) is 33.3 Å². The van der Waals surface area contributed by atoms with E-state index in [1.54, 1.807) is 4.90 Å². The summed E-state index contributed by atoms with van der Waals surface area (Å²) in [5.74, 6) is -0.747. The third kappa shape index (κ3) is 3.13. The highest BCUT2D eigenvalue weighted by molar-refractivity contribution is 6.02. The largest absolute Gasteiger partial charge is 0.409 e. The van der Waals surface area contributed by atoms with E-state index in [1.165, 1.54) is 0 Å². The quantitative estimate of drug-likeness (QED) is 0.292. The van der Waals surface area contributed by atoms with Crippen molar-refractivity contribution < 1.29 is 15.1 Å². The molecule has 4 N–H and O–H groups in total. The number of nitrogens with zero attached hydrogens (tertiary/aromatic N) is 2. The predicted molar refractivity (Wildman–Crippen MR) is 68.1 cm³/mol. The van der Waals surface area contributed by atoms with Gasteiger partial charge in [0.1, 0.15) is 5.92 Å². The van der Waals surface area contributed by atoms with Crippen molar-refractivity contribution in [1.29, 1.82) is 0 Å². The first-order valence-corrected chi connectivity index (χ1v) is 6.32. The molecule has 0 aromatic carbocycles. The molecule has 1 rings (SSSR count). The van der Waals surface area contributed by atoms with Crippen LogP contribution >= 0.6 is 0 Å². The van der Waals surface area contributed by atoms with Crippen molar-refractivity contribution in [3.05, 3.63) is 0 Å². The SMILES string of the molecule is CC(C)C(C(=O)N1CCC(O)C(C)C1)C(N)=NO. The van der Waals surface area contributed by atoms with E-state index in [0.29, 0.717) is 19.5 Å². The van der Waals surface area contributed by atoms with Gasteiger partial charge in [0.25, 0.3) is 0 Å². The lowest BCUT2D eigenvalue weighted by molar-refractivity contribution is -0.138. The second-order valence-corrected chi connectivity index (χ2v) is 5.36. The summed E-state index contributed by atoms with van der Waals surface area (Å²) in [5, 5.41) is 21.4. The van der Waals surface area contributed by atoms with Gasteiger partial charge in [-0.25, -0.2) is 0 Å². The molecular weight excluding hydrogens is 234 g/mol. The fourth-order valence-corrected chi connectivity index (χ4v) is 2.35. The van der Waals surface area contributed by atoms with Gasteiger partial charge in [0, 0.05) is 13.1 Å². The molecule has 3 unspecified atom stereocenters. The summed E-state index contributed by atoms with van der Waals surface area (Å²) < 4.78 is 0. The first-order valence-electron chi connectivity index (χ1n) is 6.32. The Morgan fingerprint density at radius 2 is 2.11 bits per heavy atom. The van der Waals surface area contributed by atoms with Crippen molar-refractivity contribution >= 4 is 11.7 Å². The molecule has 3 atom stereocenters. The Labute approximate surface area is 107 Å². The standard InChI is InChI=1S/C12H23N3O3/c1-7(2)10(11(13)14-18)12(17)15-5-4-9(16)8(3)6-15/h7-10,16,18H,4-6H2,1-3H3,(H2,13,14). The summed E-state index contributed by atoms with van der Waals surface area (Å²) in [6.45, 7) is 6.68. The maximum Gasteiger partial charge on any atom is 0.233 e. The molecule has 6 nitrogen and oxygen atoms in total. The van der Waals surface area contributed by atoms with E-state index < -0.39 is 5.92 Å². The molecular formula is C12H23N3O3. The molecule has 0 aromatic rings. The Hall–Kier alpha value is -1.30. The van der Waals surface area contributed by atoms with Crippen molar-refractivity contribution in [1.82, 2.24) is 4.90 Å². The Morgan fingerprint density at radius 1 is 1.50 bits per heavy atom. The normalized spacial score (nSPS) is 27.4. The van der Waals surface area contributed by atoms with Gasteiger partial charge in [0.05, 0.1) is 6.10 Å². The molecule has 0 saturated carbocycles. The second kappa shape index (κ2) is 6.04. The molecule has 1 aliphatic heterocycles. The molecule has 0 radical (unpaired) electrons. The van der Waals surface area contributed by atoms with Gasteiger partial charge >= 0.3 is 0 Å². The summed E-state index contributed by atoms with van der Waals surface area (Å²) in [7, 11) is 0. The smallest absolute Gasteiger partial charge is 0.233 e. The summed E-state index contributed by atoms with van der Waals surface area (Å²) in [6, 6.07) is 0. The van der Waals surface area contributed by atoms with Crippen LogP contribution in [0.2, 0.25) is 0 Å². The summed E-state index contributed by atoms with van der Waals surface area (Å²) in [5.41, 5.74) is 5.59. The number of amides is 1. The molecule has 1 heterocycles. The Bertz CT molecular complexity index is 331. The van der Waals surface area contributed by atoms with Crippen LogP contribution < -0.4 is 5.73 Å². The maximum absolute atomic E-state index is 12.4. The van der Waals surface area contributed by atoms with Gasteiger partial charge in [-0.3, -0.25) is 4.79 Å². The van der Waals surface area contributed by atoms with E-state index in [0.717, 1.165) is 0 Å². The molecule has 18 heavy (non-hydrogen) atoms. The number of carbonyl (C=O) groups is 1. The highest BCUT2D eigenvalue weighted by Gasteiger charge is 2.34. The second-order valence-electron chi connectivity index (χ2n) is 5.36. The van der Waals surface area contributed by atoms with Crippen LogP contribution in [0.5, 0.6) is 0 Å². The third-order valence-corrected chi connectivity index (χ3v) is 3.54. The Balaban J connectivity index is 2.78. The molecule has 1 aliphatic rings. The molecule has 104 valence electrons. The number of hydrogen-bond acceptors (Lipinski definition) is 4. The Kier molecular flexibility index (Phi) is 4.95. The van der Waals surface area contributed by atoms with E-state index in [1.807, 2.05) is 20.8 Å². The zero-order valence-electron chi connectivity index (χ0n) is 11.2. The van der Waals surface area contributed by atoms with Gasteiger partial charge in [-0.2, -0.15) is 0 Å². The zero-order valence-corrected chi connectivity index (χ0v) is 11.2. The molecule has 1 amide bonds. The van der Waals surface area contributed by atoms with Crippen LogP contribution in [0.25, 0.3) is 0 Å². The number of amidine groups is 1. The molecule has 6 heteroatoms. The first kappa shape index (κ1) is 14.8. The minimum Gasteiger partial charge on any atom is -0.409 e. The van der Waals surface area contributed by atoms with Gasteiger partial charge < -0.3 is 20.9 Å². The average Bonchev–Trinajstić information content (AvgIpc) is 2.32.